The molecular formula is C21H20F3N3O3. The first-order valence-electron chi connectivity index (χ1n) is 9.55. The van der Waals surface area contributed by atoms with Gasteiger partial charge in [0.05, 0.1) is 17.0 Å². The number of benzene rings is 2. The number of carbonyl (C=O) groups excluding carboxylic acids is 1. The van der Waals surface area contributed by atoms with Gasteiger partial charge < -0.3 is 9.68 Å². The van der Waals surface area contributed by atoms with Crippen LogP contribution in [0.4, 0.5) is 23.7 Å². The van der Waals surface area contributed by atoms with Crippen LogP contribution in [0, 0.1) is 0 Å². The number of halogens is 3. The number of oxime groups is 1. The van der Waals surface area contributed by atoms with E-state index in [4.69, 9.17) is 9.68 Å². The molecule has 2 aromatic carbocycles. The Labute approximate surface area is 171 Å². The molecule has 0 saturated carbocycles. The summed E-state index contributed by atoms with van der Waals surface area (Å²) in [7, 11) is 0. The van der Waals surface area contributed by atoms with Gasteiger partial charge in [-0.05, 0) is 17.7 Å². The van der Waals surface area contributed by atoms with Gasteiger partial charge in [0.15, 0.2) is 0 Å². The summed E-state index contributed by atoms with van der Waals surface area (Å²) in [5.41, 5.74) is 0.181. The molecule has 1 amide bonds. The van der Waals surface area contributed by atoms with Crippen LogP contribution in [-0.4, -0.2) is 35.6 Å². The predicted octanol–water partition coefficient (Wildman–Crippen LogP) is 4.83. The van der Waals surface area contributed by atoms with Gasteiger partial charge in [0.2, 0.25) is 0 Å². The highest BCUT2D eigenvalue weighted by molar-refractivity contribution is 6.01. The third-order valence-electron chi connectivity index (χ3n) is 5.26. The number of para-hydroxylation sites is 1. The molecule has 0 radical (unpaired) electrons. The standard InChI is InChI=1S/C21H20F3N3O3/c22-21(23,24)16-8-4-5-9-17(16)25-19(28)29-27-12-10-20(11-13-27)14-18(26-30-20)15-6-2-1-3-7-15/h1-9H,10-14H2,(H,25,28). The minimum absolute atomic E-state index is 0.344. The zero-order valence-electron chi connectivity index (χ0n) is 16.0. The zero-order valence-corrected chi connectivity index (χ0v) is 16.0. The Balaban J connectivity index is 1.30. The van der Waals surface area contributed by atoms with Gasteiger partial charge in [0.25, 0.3) is 0 Å². The number of hydrogen-bond acceptors (Lipinski definition) is 5. The Morgan fingerprint density at radius 2 is 1.73 bits per heavy atom. The van der Waals surface area contributed by atoms with Crippen molar-refractivity contribution in [1.29, 1.82) is 0 Å². The SMILES string of the molecule is O=C(Nc1ccccc1C(F)(F)F)ON1CCC2(CC1)CC(c1ccccc1)=NO2. The second-order valence-corrected chi connectivity index (χ2v) is 7.33. The number of carbonyl (C=O) groups is 1. The maximum Gasteiger partial charge on any atom is 0.430 e. The summed E-state index contributed by atoms with van der Waals surface area (Å²) in [6, 6.07) is 14.5. The number of nitrogens with one attached hydrogen (secondary N) is 1. The largest absolute Gasteiger partial charge is 0.430 e. The molecule has 0 aromatic heterocycles. The smallest absolute Gasteiger partial charge is 0.388 e. The number of piperidine rings is 1. The minimum Gasteiger partial charge on any atom is -0.388 e. The van der Waals surface area contributed by atoms with Crippen molar-refractivity contribution in [3.63, 3.8) is 0 Å². The van der Waals surface area contributed by atoms with Crippen molar-refractivity contribution in [2.45, 2.75) is 31.0 Å². The van der Waals surface area contributed by atoms with Crippen LogP contribution in [0.25, 0.3) is 0 Å². The van der Waals surface area contributed by atoms with Gasteiger partial charge >= 0.3 is 12.3 Å². The molecule has 6 nitrogen and oxygen atoms in total. The Hall–Kier alpha value is -3.07. The monoisotopic (exact) mass is 419 g/mol. The summed E-state index contributed by atoms with van der Waals surface area (Å²) in [6.07, 6.45) is -3.71. The Morgan fingerprint density at radius 3 is 2.43 bits per heavy atom. The van der Waals surface area contributed by atoms with Gasteiger partial charge in [0, 0.05) is 32.4 Å². The topological polar surface area (TPSA) is 63.2 Å². The van der Waals surface area contributed by atoms with Crippen molar-refractivity contribution < 1.29 is 27.6 Å². The van der Waals surface area contributed by atoms with E-state index in [1.54, 1.807) is 0 Å². The van der Waals surface area contributed by atoms with Crippen molar-refractivity contribution in [3.05, 3.63) is 65.7 Å². The lowest BCUT2D eigenvalue weighted by molar-refractivity contribution is -0.154. The molecule has 0 unspecified atom stereocenters. The third kappa shape index (κ3) is 4.40. The molecule has 1 N–H and O–H groups in total. The van der Waals surface area contributed by atoms with E-state index in [0.29, 0.717) is 32.4 Å². The van der Waals surface area contributed by atoms with E-state index >= 15 is 0 Å². The van der Waals surface area contributed by atoms with E-state index in [-0.39, 0.29) is 5.69 Å². The van der Waals surface area contributed by atoms with Crippen molar-refractivity contribution in [3.8, 4) is 0 Å². The fourth-order valence-corrected chi connectivity index (χ4v) is 3.65. The van der Waals surface area contributed by atoms with Gasteiger partial charge in [0.1, 0.15) is 5.60 Å². The van der Waals surface area contributed by atoms with Gasteiger partial charge in [-0.15, -0.1) is 5.06 Å². The Kier molecular flexibility index (Phi) is 5.38. The number of hydroxylamine groups is 2. The van der Waals surface area contributed by atoms with Crippen LogP contribution >= 0.6 is 0 Å². The molecular weight excluding hydrogens is 399 g/mol. The lowest BCUT2D eigenvalue weighted by Crippen LogP contribution is -2.45. The predicted molar refractivity (Wildman–Crippen MR) is 104 cm³/mol. The highest BCUT2D eigenvalue weighted by Crippen LogP contribution is 2.37. The fourth-order valence-electron chi connectivity index (χ4n) is 3.65. The van der Waals surface area contributed by atoms with E-state index < -0.39 is 23.4 Å². The lowest BCUT2D eigenvalue weighted by Gasteiger charge is -2.35. The summed E-state index contributed by atoms with van der Waals surface area (Å²) in [5, 5.41) is 7.84. The van der Waals surface area contributed by atoms with Crippen LogP contribution in [-0.2, 0) is 15.9 Å². The summed E-state index contributed by atoms with van der Waals surface area (Å²) in [5.74, 6) is 0. The Bertz CT molecular complexity index is 939. The molecule has 0 bridgehead atoms. The minimum atomic E-state index is -4.57. The number of nitrogens with zero attached hydrogens (tertiary/aromatic N) is 2. The quantitative estimate of drug-likeness (QED) is 0.774. The Morgan fingerprint density at radius 1 is 1.07 bits per heavy atom. The average molecular weight is 419 g/mol. The van der Waals surface area contributed by atoms with Crippen molar-refractivity contribution in [2.24, 2.45) is 5.16 Å². The highest BCUT2D eigenvalue weighted by Gasteiger charge is 2.43. The van der Waals surface area contributed by atoms with Gasteiger partial charge in [-0.25, -0.2) is 4.79 Å². The van der Waals surface area contributed by atoms with Crippen LogP contribution in [0.1, 0.15) is 30.4 Å². The molecule has 2 aromatic rings. The van der Waals surface area contributed by atoms with Crippen molar-refractivity contribution in [1.82, 2.24) is 5.06 Å². The van der Waals surface area contributed by atoms with E-state index in [1.807, 2.05) is 30.3 Å². The van der Waals surface area contributed by atoms with E-state index in [2.05, 4.69) is 10.5 Å². The highest BCUT2D eigenvalue weighted by atomic mass is 19.4. The molecule has 2 heterocycles. The van der Waals surface area contributed by atoms with Crippen molar-refractivity contribution in [2.75, 3.05) is 18.4 Å². The van der Waals surface area contributed by atoms with E-state index in [9.17, 15) is 18.0 Å². The van der Waals surface area contributed by atoms with Gasteiger partial charge in [-0.1, -0.05) is 47.6 Å². The van der Waals surface area contributed by atoms with Gasteiger partial charge in [-0.3, -0.25) is 5.32 Å². The number of anilines is 1. The molecule has 9 heteroatoms. The summed E-state index contributed by atoms with van der Waals surface area (Å²) >= 11 is 0. The van der Waals surface area contributed by atoms with Crippen LogP contribution < -0.4 is 5.32 Å². The van der Waals surface area contributed by atoms with Crippen LogP contribution in [0.2, 0.25) is 0 Å². The number of amides is 1. The first-order valence-corrected chi connectivity index (χ1v) is 9.55. The van der Waals surface area contributed by atoms with E-state index in [0.717, 1.165) is 17.3 Å². The molecule has 30 heavy (non-hydrogen) atoms. The molecule has 158 valence electrons. The molecule has 0 aliphatic carbocycles. The molecule has 2 aliphatic rings. The van der Waals surface area contributed by atoms with E-state index in [1.165, 1.54) is 23.3 Å². The van der Waals surface area contributed by atoms with Gasteiger partial charge in [-0.2, -0.15) is 13.2 Å². The molecule has 2 aliphatic heterocycles. The third-order valence-corrected chi connectivity index (χ3v) is 5.26. The van der Waals surface area contributed by atoms with Crippen LogP contribution in [0.5, 0.6) is 0 Å². The van der Waals surface area contributed by atoms with Crippen molar-refractivity contribution >= 4 is 17.5 Å². The number of hydrogen-bond donors (Lipinski definition) is 1. The average Bonchev–Trinajstić information content (AvgIpc) is 3.14. The second kappa shape index (κ2) is 7.98. The molecule has 1 saturated heterocycles. The fraction of sp³-hybridized carbons (Fsp3) is 0.333. The first-order chi connectivity index (χ1) is 14.3. The number of alkyl halides is 3. The number of rotatable bonds is 3. The second-order valence-electron chi connectivity index (χ2n) is 7.33. The molecule has 1 spiro atoms. The zero-order chi connectivity index (χ0) is 21.2. The lowest BCUT2D eigenvalue weighted by atomic mass is 9.86. The first kappa shape index (κ1) is 20.2. The molecule has 0 atom stereocenters. The molecule has 4 rings (SSSR count). The maximum atomic E-state index is 13.1. The summed E-state index contributed by atoms with van der Waals surface area (Å²) in [6.45, 7) is 0.790. The summed E-state index contributed by atoms with van der Waals surface area (Å²) in [4.78, 5) is 23.0. The summed E-state index contributed by atoms with van der Waals surface area (Å²) < 4.78 is 39.2. The van der Waals surface area contributed by atoms with Crippen LogP contribution in [0.3, 0.4) is 0 Å². The maximum absolute atomic E-state index is 13.1. The van der Waals surface area contributed by atoms with Crippen LogP contribution in [0.15, 0.2) is 59.8 Å². The normalized spacial score (nSPS) is 18.6. The molecule has 1 fully saturated rings.